The summed E-state index contributed by atoms with van der Waals surface area (Å²) in [7, 11) is 0. The average Bonchev–Trinajstić information content (AvgIpc) is 4.15. The number of furan rings is 2. The first-order valence-corrected chi connectivity index (χ1v) is 24.4. The molecule has 0 saturated heterocycles. The number of anilines is 4. The number of hydrogen-bond acceptors (Lipinski definition) is 4. The smallest absolute Gasteiger partial charge is 0.145 e. The van der Waals surface area contributed by atoms with Gasteiger partial charge in [0.1, 0.15) is 22.3 Å². The second kappa shape index (κ2) is 15.3. The summed E-state index contributed by atoms with van der Waals surface area (Å²) < 4.78 is 14.0. The zero-order valence-electron chi connectivity index (χ0n) is 38.6. The number of allylic oxidation sites excluding steroid dienone is 9. The molecule has 0 fully saturated rings. The Kier molecular flexibility index (Phi) is 8.85. The van der Waals surface area contributed by atoms with Gasteiger partial charge in [0.05, 0.1) is 22.5 Å². The maximum Gasteiger partial charge on any atom is 0.145 e. The molecule has 4 heteroatoms. The minimum atomic E-state index is -0.649. The first kappa shape index (κ1) is 39.8. The minimum absolute atomic E-state index is 0.158. The highest BCUT2D eigenvalue weighted by Gasteiger charge is 2.49. The van der Waals surface area contributed by atoms with Crippen molar-refractivity contribution in [2.45, 2.75) is 44.1 Å². The van der Waals surface area contributed by atoms with E-state index >= 15 is 0 Å². The molecule has 3 heterocycles. The van der Waals surface area contributed by atoms with E-state index in [1.165, 1.54) is 55.5 Å². The van der Waals surface area contributed by atoms with Crippen LogP contribution in [0.5, 0.6) is 0 Å². The standard InChI is InChI=1S/C65H48N2O2/c1-3-18-45(4-2)67-56-28-15-11-23-48(56)53-38-46(34-36-57(53)67)66(47-33-35-50-49-24-12-16-29-59(49)68-61(50)39-47)58-40-55-62(64-63(58)52-26-13-17-30-60(52)69-64)51-25-10-14-27-54(51)65(55,43-21-6-5-7-22-43)44-32-31-41-19-8-9-20-42(41)37-44/h3-4,6,8-40,48,56H,5,7H2,1-2H3/b18-3-,45-4+. The fourth-order valence-electron chi connectivity index (χ4n) is 12.4. The Bertz CT molecular complexity index is 3980. The Morgan fingerprint density at radius 2 is 1.41 bits per heavy atom. The van der Waals surface area contributed by atoms with Gasteiger partial charge >= 0.3 is 0 Å². The van der Waals surface area contributed by atoms with Crippen LogP contribution in [-0.4, -0.2) is 6.04 Å². The normalized spacial score (nSPS) is 19.3. The van der Waals surface area contributed by atoms with Gasteiger partial charge in [-0.15, -0.1) is 0 Å². The van der Waals surface area contributed by atoms with E-state index in [-0.39, 0.29) is 12.0 Å². The summed E-state index contributed by atoms with van der Waals surface area (Å²) in [5, 5.41) is 6.81. The van der Waals surface area contributed by atoms with Gasteiger partial charge in [-0.25, -0.2) is 0 Å². The Hall–Kier alpha value is -8.34. The fraction of sp³-hybridized carbons (Fsp3) is 0.108. The van der Waals surface area contributed by atoms with E-state index < -0.39 is 5.41 Å². The third-order valence-electron chi connectivity index (χ3n) is 15.3. The van der Waals surface area contributed by atoms with Crippen molar-refractivity contribution in [1.82, 2.24) is 0 Å². The first-order valence-electron chi connectivity index (χ1n) is 24.4. The Morgan fingerprint density at radius 1 is 0.652 bits per heavy atom. The molecule has 0 saturated carbocycles. The number of fused-ring (bicyclic) bond motifs is 14. The van der Waals surface area contributed by atoms with Crippen molar-refractivity contribution in [1.29, 1.82) is 0 Å². The zero-order valence-corrected chi connectivity index (χ0v) is 38.6. The van der Waals surface area contributed by atoms with Crippen molar-refractivity contribution in [3.8, 4) is 11.1 Å². The number of nitrogens with zero attached hydrogens (tertiary/aromatic N) is 2. The van der Waals surface area contributed by atoms with Gasteiger partial charge in [-0.2, -0.15) is 0 Å². The molecular formula is C65H48N2O2. The molecule has 69 heavy (non-hydrogen) atoms. The van der Waals surface area contributed by atoms with Gasteiger partial charge in [-0.1, -0.05) is 152 Å². The predicted molar refractivity (Wildman–Crippen MR) is 287 cm³/mol. The Morgan fingerprint density at radius 3 is 2.26 bits per heavy atom. The molecule has 0 bridgehead atoms. The molecule has 0 amide bonds. The maximum atomic E-state index is 7.31. The van der Waals surface area contributed by atoms with Crippen molar-refractivity contribution in [3.05, 3.63) is 252 Å². The predicted octanol–water partition coefficient (Wildman–Crippen LogP) is 17.6. The van der Waals surface area contributed by atoms with Crippen molar-refractivity contribution in [2.24, 2.45) is 0 Å². The molecule has 14 rings (SSSR count). The van der Waals surface area contributed by atoms with E-state index in [2.05, 4.69) is 236 Å². The molecule has 330 valence electrons. The zero-order chi connectivity index (χ0) is 45.8. The highest BCUT2D eigenvalue weighted by Crippen LogP contribution is 2.62. The summed E-state index contributed by atoms with van der Waals surface area (Å²) in [6.07, 6.45) is 24.9. The van der Waals surface area contributed by atoms with Crippen LogP contribution in [-0.2, 0) is 5.41 Å². The van der Waals surface area contributed by atoms with E-state index in [0.717, 1.165) is 79.3 Å². The van der Waals surface area contributed by atoms with Gasteiger partial charge in [0.15, 0.2) is 0 Å². The number of benzene rings is 8. The molecule has 2 aromatic heterocycles. The molecular weight excluding hydrogens is 841 g/mol. The van der Waals surface area contributed by atoms with Crippen molar-refractivity contribution < 1.29 is 8.83 Å². The maximum absolute atomic E-state index is 7.31. The molecule has 0 radical (unpaired) electrons. The van der Waals surface area contributed by atoms with E-state index in [9.17, 15) is 0 Å². The molecule has 4 aliphatic rings. The molecule has 0 spiro atoms. The lowest BCUT2D eigenvalue weighted by atomic mass is 9.65. The molecule has 10 aromatic rings. The van der Waals surface area contributed by atoms with Crippen LogP contribution in [0.4, 0.5) is 22.7 Å². The minimum Gasteiger partial charge on any atom is -0.456 e. The Labute approximate surface area is 401 Å². The molecule has 3 unspecified atom stereocenters. The van der Waals surface area contributed by atoms with E-state index in [1.807, 2.05) is 6.07 Å². The molecule has 3 aliphatic carbocycles. The van der Waals surface area contributed by atoms with Gasteiger partial charge in [-0.05, 0) is 132 Å². The lowest BCUT2D eigenvalue weighted by molar-refractivity contribution is 0.668. The largest absolute Gasteiger partial charge is 0.456 e. The first-order chi connectivity index (χ1) is 34.1. The molecule has 8 aromatic carbocycles. The monoisotopic (exact) mass is 888 g/mol. The Balaban J connectivity index is 1.11. The van der Waals surface area contributed by atoms with Crippen LogP contribution in [0, 0.1) is 0 Å². The van der Waals surface area contributed by atoms with Crippen LogP contribution in [0.15, 0.2) is 239 Å². The number of rotatable bonds is 7. The van der Waals surface area contributed by atoms with Crippen LogP contribution < -0.4 is 9.80 Å². The summed E-state index contributed by atoms with van der Waals surface area (Å²) in [6.45, 7) is 4.23. The number of hydrogen-bond donors (Lipinski definition) is 0. The van der Waals surface area contributed by atoms with E-state index in [4.69, 9.17) is 8.83 Å². The van der Waals surface area contributed by atoms with Crippen LogP contribution >= 0.6 is 0 Å². The van der Waals surface area contributed by atoms with Crippen LogP contribution in [0.2, 0.25) is 0 Å². The summed E-state index contributed by atoms with van der Waals surface area (Å²) in [5.74, 6) is 0.166. The second-order valence-electron chi connectivity index (χ2n) is 18.8. The topological polar surface area (TPSA) is 32.8 Å². The lowest BCUT2D eigenvalue weighted by Crippen LogP contribution is -2.31. The molecule has 1 aliphatic heterocycles. The average molecular weight is 889 g/mol. The highest BCUT2D eigenvalue weighted by atomic mass is 16.3. The number of para-hydroxylation sites is 2. The lowest BCUT2D eigenvalue weighted by Gasteiger charge is -2.37. The summed E-state index contributed by atoms with van der Waals surface area (Å²) >= 11 is 0. The van der Waals surface area contributed by atoms with Gasteiger partial charge in [-0.3, -0.25) is 0 Å². The molecule has 4 nitrogen and oxygen atoms in total. The van der Waals surface area contributed by atoms with Crippen LogP contribution in [0.25, 0.3) is 65.8 Å². The van der Waals surface area contributed by atoms with E-state index in [0.29, 0.717) is 0 Å². The van der Waals surface area contributed by atoms with Gasteiger partial charge < -0.3 is 18.6 Å². The summed E-state index contributed by atoms with van der Waals surface area (Å²) in [6, 6.07) is 58.4. The fourth-order valence-corrected chi connectivity index (χ4v) is 12.4. The SMILES string of the molecule is C/C=C\C(=C/C)N1c2ccc(N(c3ccc4c(c3)oc3ccccc34)c3cc4c(c5oc6ccccc6c35)-c3ccccc3C4(C3=CCCC=C3)c3ccc4ccccc4c3)cc2C2C=CC=CC21. The van der Waals surface area contributed by atoms with Gasteiger partial charge in [0.25, 0.3) is 0 Å². The third-order valence-corrected chi connectivity index (χ3v) is 15.3. The summed E-state index contributed by atoms with van der Waals surface area (Å²) in [4.78, 5) is 4.99. The molecule has 3 atom stereocenters. The quantitative estimate of drug-likeness (QED) is 0.149. The van der Waals surface area contributed by atoms with Crippen molar-refractivity contribution in [3.63, 3.8) is 0 Å². The third kappa shape index (κ3) is 5.69. The van der Waals surface area contributed by atoms with Crippen molar-refractivity contribution in [2.75, 3.05) is 9.80 Å². The van der Waals surface area contributed by atoms with Gasteiger partial charge in [0.2, 0.25) is 0 Å². The second-order valence-corrected chi connectivity index (χ2v) is 18.8. The molecule has 0 N–H and O–H groups in total. The van der Waals surface area contributed by atoms with E-state index in [1.54, 1.807) is 0 Å². The van der Waals surface area contributed by atoms with Crippen molar-refractivity contribution >= 4 is 77.4 Å². The van der Waals surface area contributed by atoms with Gasteiger partial charge in [0, 0.05) is 56.5 Å². The van der Waals surface area contributed by atoms with Crippen LogP contribution in [0.1, 0.15) is 54.9 Å². The van der Waals surface area contributed by atoms with Crippen LogP contribution in [0.3, 0.4) is 0 Å². The highest BCUT2D eigenvalue weighted by molar-refractivity contribution is 6.20. The summed E-state index contributed by atoms with van der Waals surface area (Å²) in [5.41, 5.74) is 17.0.